The number of alkyl halides is 4. The van der Waals surface area contributed by atoms with Crippen LogP contribution in [-0.2, 0) is 14.9 Å². The molecule has 74 valence electrons. The summed E-state index contributed by atoms with van der Waals surface area (Å²) in [4.78, 5) is 0. The van der Waals surface area contributed by atoms with Gasteiger partial charge in [0.25, 0.3) is 0 Å². The number of methoxy groups -OCH3 is 1. The molecule has 0 atom stereocenters. The van der Waals surface area contributed by atoms with Crippen molar-refractivity contribution in [3.8, 4) is 0 Å². The summed E-state index contributed by atoms with van der Waals surface area (Å²) in [6.07, 6.45) is -5.31. The predicted octanol–water partition coefficient (Wildman–Crippen LogP) is -2.63. The quantitative estimate of drug-likeness (QED) is 0.295. The standard InChI is InChI=1S/C3H4F4O4S.Li/c1-11-2(4,5)3(6,7)12(8,9)10;/h1H3,(H,8,9,10);/q;+1/p-1. The van der Waals surface area contributed by atoms with Crippen LogP contribution in [0.2, 0.25) is 0 Å². The Kier molecular flexibility index (Phi) is 4.99. The summed E-state index contributed by atoms with van der Waals surface area (Å²) in [5.41, 5.74) is 0. The van der Waals surface area contributed by atoms with Gasteiger partial charge in [-0.15, -0.1) is 0 Å². The van der Waals surface area contributed by atoms with E-state index in [1.54, 1.807) is 0 Å². The summed E-state index contributed by atoms with van der Waals surface area (Å²) >= 11 is 0. The third-order valence-electron chi connectivity index (χ3n) is 0.909. The van der Waals surface area contributed by atoms with Crippen LogP contribution in [-0.4, -0.2) is 31.4 Å². The van der Waals surface area contributed by atoms with Crippen molar-refractivity contribution < 1.29 is 54.1 Å². The molecule has 4 nitrogen and oxygen atoms in total. The fourth-order valence-corrected chi connectivity index (χ4v) is 0.639. The largest absolute Gasteiger partial charge is 1.00 e. The Hall–Kier alpha value is 0.187. The summed E-state index contributed by atoms with van der Waals surface area (Å²) < 4.78 is 79.3. The monoisotopic (exact) mass is 218 g/mol. The van der Waals surface area contributed by atoms with Gasteiger partial charge in [-0.2, -0.15) is 17.6 Å². The Morgan fingerprint density at radius 3 is 1.62 bits per heavy atom. The molecule has 0 aliphatic heterocycles. The third-order valence-corrected chi connectivity index (χ3v) is 1.77. The number of hydrogen-bond donors (Lipinski definition) is 0. The Morgan fingerprint density at radius 2 is 1.54 bits per heavy atom. The Labute approximate surface area is 83.2 Å². The van der Waals surface area contributed by atoms with E-state index in [1.807, 2.05) is 0 Å². The molecule has 0 fully saturated rings. The molecule has 0 aromatic heterocycles. The molecule has 0 N–H and O–H groups in total. The van der Waals surface area contributed by atoms with Crippen molar-refractivity contribution in [2.75, 3.05) is 7.11 Å². The van der Waals surface area contributed by atoms with E-state index in [2.05, 4.69) is 4.74 Å². The van der Waals surface area contributed by atoms with Crippen LogP contribution < -0.4 is 18.9 Å². The van der Waals surface area contributed by atoms with Gasteiger partial charge in [0.05, 0.1) is 0 Å². The van der Waals surface area contributed by atoms with Crippen molar-refractivity contribution in [2.45, 2.75) is 11.4 Å². The van der Waals surface area contributed by atoms with Crippen molar-refractivity contribution >= 4 is 10.1 Å². The van der Waals surface area contributed by atoms with E-state index in [0.717, 1.165) is 0 Å². The molecule has 0 rings (SSSR count). The van der Waals surface area contributed by atoms with Gasteiger partial charge < -0.3 is 9.29 Å². The average molecular weight is 218 g/mol. The maximum atomic E-state index is 11.9. The summed E-state index contributed by atoms with van der Waals surface area (Å²) in [7, 11) is -6.28. The maximum Gasteiger partial charge on any atom is 1.00 e. The molecule has 10 heteroatoms. The van der Waals surface area contributed by atoms with E-state index in [4.69, 9.17) is 0 Å². The van der Waals surface area contributed by atoms with Gasteiger partial charge in [-0.3, -0.25) is 0 Å². The Balaban J connectivity index is 0. The summed E-state index contributed by atoms with van der Waals surface area (Å²) in [5.74, 6) is 0. The fourth-order valence-electron chi connectivity index (χ4n) is 0.264. The van der Waals surface area contributed by atoms with Crippen LogP contribution in [0.5, 0.6) is 0 Å². The Morgan fingerprint density at radius 1 is 1.23 bits per heavy atom. The van der Waals surface area contributed by atoms with E-state index < -0.39 is 21.5 Å². The maximum absolute atomic E-state index is 11.9. The van der Waals surface area contributed by atoms with E-state index in [0.29, 0.717) is 0 Å². The first kappa shape index (κ1) is 15.7. The average Bonchev–Trinajstić information content (AvgIpc) is 1.85. The first-order valence-corrected chi connectivity index (χ1v) is 3.73. The molecule has 0 amide bonds. The van der Waals surface area contributed by atoms with Crippen LogP contribution in [0.3, 0.4) is 0 Å². The van der Waals surface area contributed by atoms with E-state index >= 15 is 0 Å². The van der Waals surface area contributed by atoms with Gasteiger partial charge in [0.15, 0.2) is 10.1 Å². The van der Waals surface area contributed by atoms with Crippen LogP contribution in [0.15, 0.2) is 0 Å². The van der Waals surface area contributed by atoms with Crippen molar-refractivity contribution in [3.63, 3.8) is 0 Å². The van der Waals surface area contributed by atoms with Crippen LogP contribution in [0.4, 0.5) is 17.6 Å². The molecule has 0 heterocycles. The molecular formula is C3H3F4LiO4S. The molecule has 13 heavy (non-hydrogen) atoms. The van der Waals surface area contributed by atoms with Gasteiger partial charge in [0.1, 0.15) is 0 Å². The van der Waals surface area contributed by atoms with Crippen molar-refractivity contribution in [2.24, 2.45) is 0 Å². The SMILES string of the molecule is COC(F)(F)C(F)(F)S(=O)(=O)[O-].[Li+]. The second kappa shape index (κ2) is 4.14. The van der Waals surface area contributed by atoms with Crippen molar-refractivity contribution in [3.05, 3.63) is 0 Å². The molecule has 0 aliphatic rings. The summed E-state index contributed by atoms with van der Waals surface area (Å²) in [6, 6.07) is 0. The molecule has 0 saturated heterocycles. The zero-order valence-electron chi connectivity index (χ0n) is 6.55. The molecule has 0 spiro atoms. The number of hydrogen-bond acceptors (Lipinski definition) is 4. The zero-order chi connectivity index (χ0) is 10.2. The van der Waals surface area contributed by atoms with Crippen LogP contribution in [0.1, 0.15) is 0 Å². The molecule has 0 unspecified atom stereocenters. The minimum Gasteiger partial charge on any atom is -0.743 e. The van der Waals surface area contributed by atoms with Gasteiger partial charge in [0, 0.05) is 7.11 Å². The van der Waals surface area contributed by atoms with E-state index in [9.17, 15) is 30.5 Å². The molecular weight excluding hydrogens is 215 g/mol. The second-order valence-corrected chi connectivity index (χ2v) is 3.11. The second-order valence-electron chi connectivity index (χ2n) is 1.69. The zero-order valence-corrected chi connectivity index (χ0v) is 7.37. The van der Waals surface area contributed by atoms with Crippen molar-refractivity contribution in [1.29, 1.82) is 0 Å². The third kappa shape index (κ3) is 2.82. The van der Waals surface area contributed by atoms with Crippen molar-refractivity contribution in [1.82, 2.24) is 0 Å². The number of rotatable bonds is 3. The smallest absolute Gasteiger partial charge is 0.743 e. The van der Waals surface area contributed by atoms with Gasteiger partial charge in [-0.05, 0) is 0 Å². The fraction of sp³-hybridized carbons (Fsp3) is 1.00. The number of ether oxygens (including phenoxy) is 1. The summed E-state index contributed by atoms with van der Waals surface area (Å²) in [5, 5.41) is -5.76. The molecule has 0 aromatic rings. The first-order valence-electron chi connectivity index (χ1n) is 2.32. The molecule has 0 aromatic carbocycles. The van der Waals surface area contributed by atoms with Gasteiger partial charge in [0.2, 0.25) is 0 Å². The van der Waals surface area contributed by atoms with E-state index in [-0.39, 0.29) is 26.0 Å². The Bertz CT molecular complexity index is 263. The molecule has 0 radical (unpaired) electrons. The minimum atomic E-state index is -6.43. The van der Waals surface area contributed by atoms with Crippen LogP contribution >= 0.6 is 0 Å². The van der Waals surface area contributed by atoms with E-state index in [1.165, 1.54) is 0 Å². The van der Waals surface area contributed by atoms with Gasteiger partial charge in [-0.25, -0.2) is 8.42 Å². The topological polar surface area (TPSA) is 66.4 Å². The normalized spacial score (nSPS) is 13.7. The molecule has 0 saturated carbocycles. The van der Waals surface area contributed by atoms with Gasteiger partial charge >= 0.3 is 30.2 Å². The van der Waals surface area contributed by atoms with Crippen LogP contribution in [0, 0.1) is 0 Å². The number of halogens is 4. The first-order chi connectivity index (χ1) is 5.06. The minimum absolute atomic E-state index is 0. The summed E-state index contributed by atoms with van der Waals surface area (Å²) in [6.45, 7) is 0. The van der Waals surface area contributed by atoms with Crippen LogP contribution in [0.25, 0.3) is 0 Å². The molecule has 0 aliphatic carbocycles. The predicted molar refractivity (Wildman–Crippen MR) is 26.6 cm³/mol. The molecule has 0 bridgehead atoms. The van der Waals surface area contributed by atoms with Gasteiger partial charge in [-0.1, -0.05) is 0 Å².